The number of oxazole rings is 1. The number of esters is 1. The molecule has 0 fully saturated rings. The largest absolute Gasteiger partial charge is 0.494 e. The maximum atomic E-state index is 12.0. The lowest BCUT2D eigenvalue weighted by Crippen LogP contribution is -2.15. The number of hydrogen-bond acceptors (Lipinski definition) is 5. The maximum absolute atomic E-state index is 12.0. The van der Waals surface area contributed by atoms with Gasteiger partial charge in [-0.2, -0.15) is 0 Å². The minimum atomic E-state index is -0.469. The summed E-state index contributed by atoms with van der Waals surface area (Å²) in [6.07, 6.45) is 0.655. The Morgan fingerprint density at radius 3 is 2.71 bits per heavy atom. The first-order chi connectivity index (χ1) is 11.7. The van der Waals surface area contributed by atoms with E-state index >= 15 is 0 Å². The number of rotatable bonds is 6. The first-order valence-electron chi connectivity index (χ1n) is 7.58. The lowest BCUT2D eigenvalue weighted by molar-refractivity contribution is 0.0601. The monoisotopic (exact) mass is 327 g/mol. The van der Waals surface area contributed by atoms with Crippen molar-refractivity contribution in [3.05, 3.63) is 64.6 Å². The number of carbonyl (C=O) groups is 1. The number of nitrogens with zero attached hydrogens (tertiary/aromatic N) is 1. The van der Waals surface area contributed by atoms with Crippen molar-refractivity contribution < 1.29 is 18.7 Å². The van der Waals surface area contributed by atoms with E-state index in [2.05, 4.69) is 4.74 Å². The van der Waals surface area contributed by atoms with Gasteiger partial charge in [-0.1, -0.05) is 18.2 Å². The molecule has 24 heavy (non-hydrogen) atoms. The fraction of sp³-hybridized carbons (Fsp3) is 0.222. The van der Waals surface area contributed by atoms with Crippen molar-refractivity contribution in [3.8, 4) is 5.75 Å². The molecule has 1 aromatic heterocycles. The van der Waals surface area contributed by atoms with Crippen LogP contribution in [0.25, 0.3) is 11.1 Å². The Kier molecular flexibility index (Phi) is 4.65. The van der Waals surface area contributed by atoms with Crippen LogP contribution in [0.1, 0.15) is 16.8 Å². The molecule has 0 aliphatic carbocycles. The summed E-state index contributed by atoms with van der Waals surface area (Å²) in [5.74, 6) is -0.125. The standard InChI is InChI=1S/C18H17NO5/c1-22-17(20)13-8-9-15-16(12-13)24-18(21)19(15)10-5-11-23-14-6-3-2-4-7-14/h2-4,6-9,12H,5,10-11H2,1H3. The van der Waals surface area contributed by atoms with Gasteiger partial charge in [0.2, 0.25) is 0 Å². The van der Waals surface area contributed by atoms with Crippen LogP contribution in [0.15, 0.2) is 57.7 Å². The number of benzene rings is 2. The quantitative estimate of drug-likeness (QED) is 0.514. The van der Waals surface area contributed by atoms with Gasteiger partial charge in [-0.05, 0) is 36.8 Å². The van der Waals surface area contributed by atoms with Gasteiger partial charge in [0.25, 0.3) is 0 Å². The van der Waals surface area contributed by atoms with Crippen LogP contribution < -0.4 is 10.5 Å². The summed E-state index contributed by atoms with van der Waals surface area (Å²) in [5.41, 5.74) is 1.36. The van der Waals surface area contributed by atoms with E-state index in [1.807, 2.05) is 30.3 Å². The Morgan fingerprint density at radius 1 is 1.17 bits per heavy atom. The van der Waals surface area contributed by atoms with Crippen LogP contribution >= 0.6 is 0 Å². The van der Waals surface area contributed by atoms with Crippen LogP contribution in [-0.2, 0) is 11.3 Å². The zero-order chi connectivity index (χ0) is 16.9. The van der Waals surface area contributed by atoms with E-state index in [-0.39, 0.29) is 0 Å². The number of hydrogen-bond donors (Lipinski definition) is 0. The summed E-state index contributed by atoms with van der Waals surface area (Å²) in [4.78, 5) is 23.5. The highest BCUT2D eigenvalue weighted by Gasteiger charge is 2.13. The van der Waals surface area contributed by atoms with Gasteiger partial charge in [-0.15, -0.1) is 0 Å². The molecule has 6 heteroatoms. The number of carbonyl (C=O) groups excluding carboxylic acids is 1. The number of aryl methyl sites for hydroxylation is 1. The summed E-state index contributed by atoms with van der Waals surface area (Å²) in [5, 5.41) is 0. The van der Waals surface area contributed by atoms with E-state index < -0.39 is 11.7 Å². The molecule has 0 radical (unpaired) electrons. The molecule has 2 aromatic carbocycles. The molecule has 3 rings (SSSR count). The Hall–Kier alpha value is -3.02. The Labute approximate surface area is 138 Å². The first kappa shape index (κ1) is 15.9. The number of aromatic nitrogens is 1. The summed E-state index contributed by atoms with van der Waals surface area (Å²) in [6, 6.07) is 14.3. The summed E-state index contributed by atoms with van der Waals surface area (Å²) < 4.78 is 17.0. The minimum absolute atomic E-state index is 0.346. The van der Waals surface area contributed by atoms with Crippen molar-refractivity contribution in [2.24, 2.45) is 0 Å². The molecular weight excluding hydrogens is 310 g/mol. The number of fused-ring (bicyclic) bond motifs is 1. The highest BCUT2D eigenvalue weighted by Crippen LogP contribution is 2.16. The van der Waals surface area contributed by atoms with Crippen LogP contribution in [-0.4, -0.2) is 24.3 Å². The van der Waals surface area contributed by atoms with Gasteiger partial charge in [-0.3, -0.25) is 4.57 Å². The van der Waals surface area contributed by atoms with Crippen LogP contribution in [0.5, 0.6) is 5.75 Å². The molecule has 0 aliphatic rings. The third-order valence-electron chi connectivity index (χ3n) is 3.63. The zero-order valence-corrected chi connectivity index (χ0v) is 13.2. The van der Waals surface area contributed by atoms with E-state index in [0.717, 1.165) is 5.75 Å². The Balaban J connectivity index is 1.69. The molecule has 0 saturated carbocycles. The molecule has 0 aliphatic heterocycles. The van der Waals surface area contributed by atoms with Crippen molar-refractivity contribution >= 4 is 17.1 Å². The van der Waals surface area contributed by atoms with E-state index in [9.17, 15) is 9.59 Å². The predicted octanol–water partition coefficient (Wildman–Crippen LogP) is 2.85. The van der Waals surface area contributed by atoms with Gasteiger partial charge in [0.05, 0.1) is 24.8 Å². The molecule has 3 aromatic rings. The smallest absolute Gasteiger partial charge is 0.419 e. The molecule has 1 heterocycles. The topological polar surface area (TPSA) is 70.7 Å². The van der Waals surface area contributed by atoms with Crippen LogP contribution in [0.4, 0.5) is 0 Å². The molecule has 0 atom stereocenters. The first-order valence-corrected chi connectivity index (χ1v) is 7.58. The molecule has 0 saturated heterocycles. The van der Waals surface area contributed by atoms with Gasteiger partial charge in [-0.25, -0.2) is 9.59 Å². The highest BCUT2D eigenvalue weighted by atomic mass is 16.5. The van der Waals surface area contributed by atoms with Crippen molar-refractivity contribution in [1.82, 2.24) is 4.57 Å². The number of ether oxygens (including phenoxy) is 2. The predicted molar refractivity (Wildman–Crippen MR) is 88.4 cm³/mol. The molecule has 6 nitrogen and oxygen atoms in total. The van der Waals surface area contributed by atoms with Gasteiger partial charge in [0.1, 0.15) is 5.75 Å². The minimum Gasteiger partial charge on any atom is -0.494 e. The summed E-state index contributed by atoms with van der Waals surface area (Å²) in [7, 11) is 1.31. The molecule has 124 valence electrons. The van der Waals surface area contributed by atoms with Crippen molar-refractivity contribution in [1.29, 1.82) is 0 Å². The third kappa shape index (κ3) is 3.32. The van der Waals surface area contributed by atoms with Gasteiger partial charge in [0.15, 0.2) is 5.58 Å². The number of para-hydroxylation sites is 1. The second kappa shape index (κ2) is 7.04. The van der Waals surface area contributed by atoms with E-state index in [4.69, 9.17) is 9.15 Å². The average molecular weight is 327 g/mol. The Bertz CT molecular complexity index is 895. The SMILES string of the molecule is COC(=O)c1ccc2c(c1)oc(=O)n2CCCOc1ccccc1. The highest BCUT2D eigenvalue weighted by molar-refractivity contribution is 5.93. The molecule has 0 unspecified atom stereocenters. The summed E-state index contributed by atoms with van der Waals surface area (Å²) >= 11 is 0. The molecule has 0 spiro atoms. The van der Waals surface area contributed by atoms with Crippen molar-refractivity contribution in [2.45, 2.75) is 13.0 Å². The van der Waals surface area contributed by atoms with Crippen LogP contribution in [0.2, 0.25) is 0 Å². The Morgan fingerprint density at radius 2 is 1.96 bits per heavy atom. The van der Waals surface area contributed by atoms with E-state index in [1.165, 1.54) is 17.7 Å². The molecule has 0 N–H and O–H groups in total. The lowest BCUT2D eigenvalue weighted by Gasteiger charge is -2.06. The van der Waals surface area contributed by atoms with E-state index in [1.54, 1.807) is 12.1 Å². The zero-order valence-electron chi connectivity index (χ0n) is 13.2. The average Bonchev–Trinajstić information content (AvgIpc) is 2.93. The second-order valence-corrected chi connectivity index (χ2v) is 5.21. The van der Waals surface area contributed by atoms with Crippen LogP contribution in [0.3, 0.4) is 0 Å². The lowest BCUT2D eigenvalue weighted by atomic mass is 10.2. The molecular formula is C18H17NO5. The van der Waals surface area contributed by atoms with Gasteiger partial charge >= 0.3 is 11.7 Å². The second-order valence-electron chi connectivity index (χ2n) is 5.21. The third-order valence-corrected chi connectivity index (χ3v) is 3.63. The van der Waals surface area contributed by atoms with Crippen molar-refractivity contribution in [3.63, 3.8) is 0 Å². The fourth-order valence-electron chi connectivity index (χ4n) is 2.45. The van der Waals surface area contributed by atoms with Crippen molar-refractivity contribution in [2.75, 3.05) is 13.7 Å². The number of methoxy groups -OCH3 is 1. The normalized spacial score (nSPS) is 10.7. The summed E-state index contributed by atoms with van der Waals surface area (Å²) in [6.45, 7) is 0.958. The maximum Gasteiger partial charge on any atom is 0.419 e. The van der Waals surface area contributed by atoms with Gasteiger partial charge in [0, 0.05) is 6.54 Å². The van der Waals surface area contributed by atoms with E-state index in [0.29, 0.717) is 36.2 Å². The fourth-order valence-corrected chi connectivity index (χ4v) is 2.45. The molecule has 0 bridgehead atoms. The van der Waals surface area contributed by atoms with Crippen LogP contribution in [0, 0.1) is 0 Å². The van der Waals surface area contributed by atoms with Gasteiger partial charge < -0.3 is 13.9 Å². The molecule has 0 amide bonds.